The largest absolute Gasteiger partial charge is 0.492 e. The Bertz CT molecular complexity index is 1020. The van der Waals surface area contributed by atoms with Crippen LogP contribution in [0.2, 0.25) is 10.0 Å². The van der Waals surface area contributed by atoms with Gasteiger partial charge in [0.1, 0.15) is 5.75 Å². The van der Waals surface area contributed by atoms with Crippen LogP contribution in [0.25, 0.3) is 5.69 Å². The molecular weight excluding hydrogens is 439 g/mol. The van der Waals surface area contributed by atoms with E-state index in [9.17, 15) is 9.59 Å². The Balaban J connectivity index is 1.30. The van der Waals surface area contributed by atoms with Crippen molar-refractivity contribution in [3.8, 4) is 11.4 Å². The van der Waals surface area contributed by atoms with Crippen molar-refractivity contribution in [2.45, 2.75) is 25.7 Å². The molecule has 0 aliphatic carbocycles. The number of ether oxygens (including phenoxy) is 1. The molecular formula is C22H22Cl2N4O3. The third-order valence-corrected chi connectivity index (χ3v) is 4.87. The molecule has 2 amide bonds. The number of nitrogens with one attached hydrogen (secondary N) is 2. The molecule has 1 aromatic heterocycles. The van der Waals surface area contributed by atoms with Crippen LogP contribution in [0.5, 0.6) is 5.75 Å². The van der Waals surface area contributed by atoms with Gasteiger partial charge in [0, 0.05) is 24.1 Å². The average molecular weight is 461 g/mol. The highest BCUT2D eigenvalue weighted by atomic mass is 35.5. The highest BCUT2D eigenvalue weighted by Crippen LogP contribution is 2.27. The van der Waals surface area contributed by atoms with Gasteiger partial charge in [0.2, 0.25) is 11.8 Å². The fourth-order valence-electron chi connectivity index (χ4n) is 2.74. The minimum Gasteiger partial charge on any atom is -0.492 e. The molecule has 0 aliphatic rings. The number of rotatable bonds is 9. The van der Waals surface area contributed by atoms with Crippen molar-refractivity contribution in [3.63, 3.8) is 0 Å². The zero-order chi connectivity index (χ0) is 22.1. The smallest absolute Gasteiger partial charge is 0.238 e. The number of aromatic nitrogens is 2. The van der Waals surface area contributed by atoms with E-state index in [-0.39, 0.29) is 24.7 Å². The van der Waals surface area contributed by atoms with Crippen LogP contribution in [0.3, 0.4) is 0 Å². The van der Waals surface area contributed by atoms with E-state index in [0.29, 0.717) is 35.2 Å². The first kappa shape index (κ1) is 22.7. The van der Waals surface area contributed by atoms with Crippen molar-refractivity contribution in [2.75, 3.05) is 6.61 Å². The molecule has 0 atom stereocenters. The molecule has 2 aromatic carbocycles. The summed E-state index contributed by atoms with van der Waals surface area (Å²) >= 11 is 11.9. The third kappa shape index (κ3) is 7.31. The van der Waals surface area contributed by atoms with Gasteiger partial charge in [-0.1, -0.05) is 41.4 Å². The van der Waals surface area contributed by atoms with Gasteiger partial charge in [-0.25, -0.2) is 4.68 Å². The Morgan fingerprint density at radius 3 is 2.48 bits per heavy atom. The fourth-order valence-corrected chi connectivity index (χ4v) is 3.20. The SMILES string of the molecule is O=C(CCCOc1ccc(Cl)cc1Cl)NNC(=O)CCc1cnn(-c2ccccc2)c1. The van der Waals surface area contributed by atoms with Crippen LogP contribution >= 0.6 is 23.2 Å². The van der Waals surface area contributed by atoms with Crippen LogP contribution in [-0.4, -0.2) is 28.2 Å². The second-order valence-corrected chi connectivity index (χ2v) is 7.60. The number of benzene rings is 2. The summed E-state index contributed by atoms with van der Waals surface area (Å²) in [6.07, 6.45) is 5.04. The zero-order valence-electron chi connectivity index (χ0n) is 16.7. The monoisotopic (exact) mass is 460 g/mol. The first-order chi connectivity index (χ1) is 15.0. The normalized spacial score (nSPS) is 10.5. The number of aryl methyl sites for hydroxylation is 1. The van der Waals surface area contributed by atoms with Gasteiger partial charge < -0.3 is 4.74 Å². The van der Waals surface area contributed by atoms with Gasteiger partial charge >= 0.3 is 0 Å². The van der Waals surface area contributed by atoms with Gasteiger partial charge in [0.05, 0.1) is 23.5 Å². The molecule has 1 heterocycles. The molecule has 2 N–H and O–H groups in total. The number of halogens is 2. The van der Waals surface area contributed by atoms with Crippen molar-refractivity contribution < 1.29 is 14.3 Å². The third-order valence-electron chi connectivity index (χ3n) is 4.34. The molecule has 0 radical (unpaired) electrons. The molecule has 0 aliphatic heterocycles. The van der Waals surface area contributed by atoms with Gasteiger partial charge in [-0.05, 0) is 48.7 Å². The summed E-state index contributed by atoms with van der Waals surface area (Å²) in [6, 6.07) is 14.7. The second-order valence-electron chi connectivity index (χ2n) is 6.75. The lowest BCUT2D eigenvalue weighted by Gasteiger charge is -2.09. The molecule has 0 bridgehead atoms. The fraction of sp³-hybridized carbons (Fsp3) is 0.227. The van der Waals surface area contributed by atoms with Gasteiger partial charge in [0.15, 0.2) is 0 Å². The highest BCUT2D eigenvalue weighted by molar-refractivity contribution is 6.35. The number of para-hydroxylation sites is 1. The van der Waals surface area contributed by atoms with Crippen LogP contribution in [0.1, 0.15) is 24.8 Å². The summed E-state index contributed by atoms with van der Waals surface area (Å²) in [6.45, 7) is 0.314. The molecule has 7 nitrogen and oxygen atoms in total. The second kappa shape index (κ2) is 11.4. The van der Waals surface area contributed by atoms with Gasteiger partial charge in [-0.3, -0.25) is 20.4 Å². The molecule has 0 spiro atoms. The van der Waals surface area contributed by atoms with Gasteiger partial charge in [-0.2, -0.15) is 5.10 Å². The number of hydrazine groups is 1. The van der Waals surface area contributed by atoms with Crippen LogP contribution in [0, 0.1) is 0 Å². The average Bonchev–Trinajstić information content (AvgIpc) is 3.25. The first-order valence-electron chi connectivity index (χ1n) is 9.76. The Morgan fingerprint density at radius 2 is 1.74 bits per heavy atom. The van der Waals surface area contributed by atoms with Crippen LogP contribution in [0.15, 0.2) is 60.9 Å². The van der Waals surface area contributed by atoms with E-state index in [4.69, 9.17) is 27.9 Å². The van der Waals surface area contributed by atoms with Crippen molar-refractivity contribution in [3.05, 3.63) is 76.5 Å². The van der Waals surface area contributed by atoms with Crippen LogP contribution in [-0.2, 0) is 16.0 Å². The predicted molar refractivity (Wildman–Crippen MR) is 119 cm³/mol. The highest BCUT2D eigenvalue weighted by Gasteiger charge is 2.08. The van der Waals surface area contributed by atoms with Gasteiger partial charge in [-0.15, -0.1) is 0 Å². The topological polar surface area (TPSA) is 85.2 Å². The van der Waals surface area contributed by atoms with E-state index in [2.05, 4.69) is 16.0 Å². The molecule has 162 valence electrons. The number of carbonyl (C=O) groups is 2. The van der Waals surface area contributed by atoms with Crippen LogP contribution < -0.4 is 15.6 Å². The molecule has 3 rings (SSSR count). The summed E-state index contributed by atoms with van der Waals surface area (Å²) in [4.78, 5) is 23.8. The number of amides is 2. The van der Waals surface area contributed by atoms with E-state index in [1.165, 1.54) is 0 Å². The number of hydrogen-bond donors (Lipinski definition) is 2. The van der Waals surface area contributed by atoms with Crippen LogP contribution in [0.4, 0.5) is 0 Å². The minimum absolute atomic E-state index is 0.204. The Hall–Kier alpha value is -3.03. The minimum atomic E-state index is -0.295. The lowest BCUT2D eigenvalue weighted by atomic mass is 10.2. The molecule has 0 saturated carbocycles. The maximum absolute atomic E-state index is 12.0. The first-order valence-corrected chi connectivity index (χ1v) is 10.5. The Labute approximate surface area is 190 Å². The van der Waals surface area contributed by atoms with Crippen molar-refractivity contribution in [1.29, 1.82) is 0 Å². The van der Waals surface area contributed by atoms with E-state index in [1.54, 1.807) is 29.1 Å². The maximum atomic E-state index is 12.0. The van der Waals surface area contributed by atoms with Crippen molar-refractivity contribution >= 4 is 35.0 Å². The molecule has 0 saturated heterocycles. The molecule has 3 aromatic rings. The summed E-state index contributed by atoms with van der Waals surface area (Å²) in [5.74, 6) is -0.0589. The Morgan fingerprint density at radius 1 is 1.00 bits per heavy atom. The van der Waals surface area contributed by atoms with E-state index >= 15 is 0 Å². The maximum Gasteiger partial charge on any atom is 0.238 e. The molecule has 0 unspecified atom stereocenters. The summed E-state index contributed by atoms with van der Waals surface area (Å²) in [7, 11) is 0. The van der Waals surface area contributed by atoms with E-state index in [0.717, 1.165) is 11.3 Å². The van der Waals surface area contributed by atoms with E-state index in [1.807, 2.05) is 36.5 Å². The molecule has 31 heavy (non-hydrogen) atoms. The lowest BCUT2D eigenvalue weighted by molar-refractivity contribution is -0.129. The van der Waals surface area contributed by atoms with Gasteiger partial charge in [0.25, 0.3) is 0 Å². The standard InChI is InChI=1S/C22H22Cl2N4O3/c23-17-9-10-20(19(24)13-17)31-12-4-7-21(29)26-27-22(30)11-8-16-14-25-28(15-16)18-5-2-1-3-6-18/h1-3,5-6,9-10,13-15H,4,7-8,11-12H2,(H,26,29)(H,27,30). The predicted octanol–water partition coefficient (Wildman–Crippen LogP) is 4.12. The summed E-state index contributed by atoms with van der Waals surface area (Å²) in [5, 5.41) is 5.24. The van der Waals surface area contributed by atoms with Crippen molar-refractivity contribution in [1.82, 2.24) is 20.6 Å². The molecule has 9 heteroatoms. The zero-order valence-corrected chi connectivity index (χ0v) is 18.2. The molecule has 0 fully saturated rings. The lowest BCUT2D eigenvalue weighted by Crippen LogP contribution is -2.41. The summed E-state index contributed by atoms with van der Waals surface area (Å²) < 4.78 is 7.28. The Kier molecular flexibility index (Phi) is 8.32. The number of carbonyl (C=O) groups excluding carboxylic acids is 2. The number of hydrogen-bond acceptors (Lipinski definition) is 4. The quantitative estimate of drug-likeness (QED) is 0.371. The van der Waals surface area contributed by atoms with Crippen molar-refractivity contribution in [2.24, 2.45) is 0 Å². The summed E-state index contributed by atoms with van der Waals surface area (Å²) in [5.41, 5.74) is 6.72. The number of nitrogens with zero attached hydrogens (tertiary/aromatic N) is 2. The van der Waals surface area contributed by atoms with E-state index < -0.39 is 0 Å².